The number of ether oxygens (including phenoxy) is 3. The quantitative estimate of drug-likeness (QED) is 0.560. The lowest BCUT2D eigenvalue weighted by Crippen LogP contribution is -2.30. The second-order valence-electron chi connectivity index (χ2n) is 6.39. The topological polar surface area (TPSA) is 94.2 Å². The normalized spacial score (nSPS) is 11.5. The summed E-state index contributed by atoms with van der Waals surface area (Å²) in [5.74, 6) is 1.05. The smallest absolute Gasteiger partial charge is 0.248 e. The van der Waals surface area contributed by atoms with E-state index < -0.39 is 10.0 Å². The third kappa shape index (κ3) is 5.77. The zero-order valence-electron chi connectivity index (χ0n) is 18.3. The molecule has 0 aromatic heterocycles. The molecule has 0 aliphatic rings. The van der Waals surface area contributed by atoms with E-state index in [4.69, 9.17) is 14.2 Å². The van der Waals surface area contributed by atoms with E-state index in [0.29, 0.717) is 41.6 Å². The molecule has 0 fully saturated rings. The largest absolute Gasteiger partial charge is 0.493 e. The van der Waals surface area contributed by atoms with Gasteiger partial charge in [0.2, 0.25) is 21.7 Å². The van der Waals surface area contributed by atoms with Crippen molar-refractivity contribution in [3.8, 4) is 17.2 Å². The summed E-state index contributed by atoms with van der Waals surface area (Å²) in [6.45, 7) is 4.36. The predicted octanol–water partition coefficient (Wildman–Crippen LogP) is 3.39. The second kappa shape index (κ2) is 10.8. The van der Waals surface area contributed by atoms with Crippen molar-refractivity contribution in [1.82, 2.24) is 4.31 Å². The zero-order valence-corrected chi connectivity index (χ0v) is 19.2. The average Bonchev–Trinajstić information content (AvgIpc) is 2.77. The molecule has 168 valence electrons. The van der Waals surface area contributed by atoms with Gasteiger partial charge >= 0.3 is 0 Å². The molecule has 8 nitrogen and oxygen atoms in total. The first-order chi connectivity index (χ1) is 14.8. The number of methoxy groups -OCH3 is 3. The Morgan fingerprint density at radius 3 is 1.97 bits per heavy atom. The van der Waals surface area contributed by atoms with Crippen molar-refractivity contribution in [2.45, 2.75) is 18.7 Å². The van der Waals surface area contributed by atoms with Gasteiger partial charge in [-0.25, -0.2) is 8.42 Å². The minimum absolute atomic E-state index is 0.183. The number of hydrogen-bond donors (Lipinski definition) is 1. The standard InChI is InChI=1S/C22H28N2O6S/c1-6-24(7-2)31(26,27)18-11-9-17(10-12-18)23-21(25)13-8-16-14-19(28-3)22(30-5)20(15-16)29-4/h8-15H,6-7H2,1-5H3,(H,23,25)/b13-8+. The molecule has 2 aromatic rings. The van der Waals surface area contributed by atoms with E-state index >= 15 is 0 Å². The highest BCUT2D eigenvalue weighted by Crippen LogP contribution is 2.38. The van der Waals surface area contributed by atoms with Crippen LogP contribution in [-0.4, -0.2) is 53.0 Å². The Hall–Kier alpha value is -3.04. The van der Waals surface area contributed by atoms with Crippen molar-refractivity contribution in [3.05, 3.63) is 48.0 Å². The maximum atomic E-state index is 12.5. The van der Waals surface area contributed by atoms with Crippen LogP contribution in [0.4, 0.5) is 5.69 Å². The number of nitrogens with one attached hydrogen (secondary N) is 1. The Kier molecular flexibility index (Phi) is 8.47. The van der Waals surface area contributed by atoms with E-state index in [1.807, 2.05) is 0 Å². The minimum Gasteiger partial charge on any atom is -0.493 e. The highest BCUT2D eigenvalue weighted by Gasteiger charge is 2.21. The molecule has 0 saturated carbocycles. The molecule has 31 heavy (non-hydrogen) atoms. The number of anilines is 1. The van der Waals surface area contributed by atoms with Crippen LogP contribution in [0.5, 0.6) is 17.2 Å². The Morgan fingerprint density at radius 1 is 0.968 bits per heavy atom. The van der Waals surface area contributed by atoms with Crippen molar-refractivity contribution in [2.75, 3.05) is 39.7 Å². The van der Waals surface area contributed by atoms with E-state index in [1.165, 1.54) is 43.8 Å². The van der Waals surface area contributed by atoms with Gasteiger partial charge in [-0.2, -0.15) is 4.31 Å². The van der Waals surface area contributed by atoms with Gasteiger partial charge in [-0.05, 0) is 48.0 Å². The SMILES string of the molecule is CCN(CC)S(=O)(=O)c1ccc(NC(=O)/C=C/c2cc(OC)c(OC)c(OC)c2)cc1. The molecule has 0 atom stereocenters. The van der Waals surface area contributed by atoms with E-state index in [-0.39, 0.29) is 10.8 Å². The van der Waals surface area contributed by atoms with Gasteiger partial charge < -0.3 is 19.5 Å². The van der Waals surface area contributed by atoms with Crippen LogP contribution in [0.2, 0.25) is 0 Å². The monoisotopic (exact) mass is 448 g/mol. The first kappa shape index (κ1) is 24.2. The zero-order chi connectivity index (χ0) is 23.0. The molecule has 0 unspecified atom stereocenters. The van der Waals surface area contributed by atoms with Crippen LogP contribution >= 0.6 is 0 Å². The number of carbonyl (C=O) groups excluding carboxylic acids is 1. The maximum Gasteiger partial charge on any atom is 0.248 e. The van der Waals surface area contributed by atoms with Gasteiger partial charge in [0.15, 0.2) is 11.5 Å². The molecule has 0 aliphatic heterocycles. The number of amides is 1. The molecular formula is C22H28N2O6S. The van der Waals surface area contributed by atoms with Crippen molar-refractivity contribution in [1.29, 1.82) is 0 Å². The third-order valence-corrected chi connectivity index (χ3v) is 6.64. The van der Waals surface area contributed by atoms with E-state index in [0.717, 1.165) is 0 Å². The summed E-state index contributed by atoms with van der Waals surface area (Å²) in [5.41, 5.74) is 1.17. The Balaban J connectivity index is 2.14. The van der Waals surface area contributed by atoms with Crippen LogP contribution < -0.4 is 19.5 Å². The van der Waals surface area contributed by atoms with Crippen LogP contribution in [0.25, 0.3) is 6.08 Å². The molecule has 0 aliphatic carbocycles. The maximum absolute atomic E-state index is 12.5. The predicted molar refractivity (Wildman–Crippen MR) is 120 cm³/mol. The summed E-state index contributed by atoms with van der Waals surface area (Å²) >= 11 is 0. The fourth-order valence-corrected chi connectivity index (χ4v) is 4.43. The van der Waals surface area contributed by atoms with Gasteiger partial charge in [-0.3, -0.25) is 4.79 Å². The van der Waals surface area contributed by atoms with Crippen molar-refractivity contribution in [3.63, 3.8) is 0 Å². The summed E-state index contributed by atoms with van der Waals surface area (Å²) in [4.78, 5) is 12.5. The van der Waals surface area contributed by atoms with Crippen LogP contribution in [0.15, 0.2) is 47.4 Å². The molecular weight excluding hydrogens is 420 g/mol. The van der Waals surface area contributed by atoms with Gasteiger partial charge in [0, 0.05) is 24.9 Å². The molecule has 0 bridgehead atoms. The molecule has 0 radical (unpaired) electrons. The number of nitrogens with zero attached hydrogens (tertiary/aromatic N) is 1. The van der Waals surface area contributed by atoms with Gasteiger partial charge in [0.1, 0.15) is 0 Å². The first-order valence-electron chi connectivity index (χ1n) is 9.69. The molecule has 2 aromatic carbocycles. The number of rotatable bonds is 10. The summed E-state index contributed by atoms with van der Waals surface area (Å²) < 4.78 is 42.3. The summed E-state index contributed by atoms with van der Waals surface area (Å²) in [6, 6.07) is 9.51. The van der Waals surface area contributed by atoms with E-state index in [1.54, 1.807) is 44.2 Å². The lowest BCUT2D eigenvalue weighted by molar-refractivity contribution is -0.111. The fourth-order valence-electron chi connectivity index (χ4n) is 2.98. The van der Waals surface area contributed by atoms with E-state index in [2.05, 4.69) is 5.32 Å². The molecule has 0 spiro atoms. The Bertz CT molecular complexity index is 1000. The Morgan fingerprint density at radius 2 is 1.52 bits per heavy atom. The summed E-state index contributed by atoms with van der Waals surface area (Å²) in [7, 11) is 1.01. The summed E-state index contributed by atoms with van der Waals surface area (Å²) in [5, 5.41) is 2.71. The van der Waals surface area contributed by atoms with Gasteiger partial charge in [0.05, 0.1) is 26.2 Å². The van der Waals surface area contributed by atoms with Gasteiger partial charge in [0.25, 0.3) is 0 Å². The molecule has 9 heteroatoms. The molecule has 1 N–H and O–H groups in total. The molecule has 0 heterocycles. The van der Waals surface area contributed by atoms with Crippen LogP contribution in [0.1, 0.15) is 19.4 Å². The number of benzene rings is 2. The van der Waals surface area contributed by atoms with Crippen molar-refractivity contribution >= 4 is 27.7 Å². The number of carbonyl (C=O) groups is 1. The Labute approximate surface area is 183 Å². The van der Waals surface area contributed by atoms with Crippen molar-refractivity contribution in [2.24, 2.45) is 0 Å². The molecule has 0 saturated heterocycles. The molecule has 1 amide bonds. The summed E-state index contributed by atoms with van der Waals surface area (Å²) in [6.07, 6.45) is 2.97. The van der Waals surface area contributed by atoms with Gasteiger partial charge in [-0.15, -0.1) is 0 Å². The lowest BCUT2D eigenvalue weighted by Gasteiger charge is -2.18. The fraction of sp³-hybridized carbons (Fsp3) is 0.318. The third-order valence-electron chi connectivity index (χ3n) is 4.58. The number of sulfonamides is 1. The van der Waals surface area contributed by atoms with Crippen LogP contribution in [0, 0.1) is 0 Å². The minimum atomic E-state index is -3.54. The first-order valence-corrected chi connectivity index (χ1v) is 11.1. The highest BCUT2D eigenvalue weighted by molar-refractivity contribution is 7.89. The van der Waals surface area contributed by atoms with Crippen molar-refractivity contribution < 1.29 is 27.4 Å². The van der Waals surface area contributed by atoms with Crippen LogP contribution in [0.3, 0.4) is 0 Å². The van der Waals surface area contributed by atoms with Crippen LogP contribution in [-0.2, 0) is 14.8 Å². The van der Waals surface area contributed by atoms with E-state index in [9.17, 15) is 13.2 Å². The highest BCUT2D eigenvalue weighted by atomic mass is 32.2. The average molecular weight is 449 g/mol. The number of hydrogen-bond acceptors (Lipinski definition) is 6. The lowest BCUT2D eigenvalue weighted by atomic mass is 10.1. The second-order valence-corrected chi connectivity index (χ2v) is 8.33. The van der Waals surface area contributed by atoms with Gasteiger partial charge in [-0.1, -0.05) is 13.8 Å². The molecule has 2 rings (SSSR count).